The Morgan fingerprint density at radius 2 is 1.82 bits per heavy atom. The molecule has 174 valence electrons. The number of nitrogens with one attached hydrogen (secondary N) is 1. The smallest absolute Gasteiger partial charge is 0.312 e. The zero-order valence-corrected chi connectivity index (χ0v) is 19.8. The first kappa shape index (κ1) is 23.2. The second kappa shape index (κ2) is 9.88. The van der Waals surface area contributed by atoms with E-state index in [4.69, 9.17) is 9.47 Å². The molecule has 0 atom stereocenters. The van der Waals surface area contributed by atoms with Gasteiger partial charge in [0.2, 0.25) is 0 Å². The minimum absolute atomic E-state index is 0.0154. The number of rotatable bonds is 7. The van der Waals surface area contributed by atoms with Gasteiger partial charge in [-0.05, 0) is 55.8 Å². The van der Waals surface area contributed by atoms with Gasteiger partial charge in [0.1, 0.15) is 16.3 Å². The standard InChI is InChI=1S/C25H23N3O5S/c1-15-16(2)34-24-22(15)25(31)28(14-26-24)13-12-21(29)33-18-10-8-17(9-11-18)27-23(30)19-6-4-5-7-20(19)32-3/h4-11,14H,12-13H2,1-3H3,(H,27,30). The summed E-state index contributed by atoms with van der Waals surface area (Å²) in [5.74, 6) is 0.0270. The van der Waals surface area contributed by atoms with Crippen molar-refractivity contribution in [2.45, 2.75) is 26.8 Å². The molecular formula is C25H23N3O5S. The number of hydrogen-bond acceptors (Lipinski definition) is 7. The average Bonchev–Trinajstić information content (AvgIpc) is 3.13. The number of aryl methyl sites for hydroxylation is 3. The molecule has 1 N–H and O–H groups in total. The van der Waals surface area contributed by atoms with Gasteiger partial charge in [0, 0.05) is 17.1 Å². The van der Waals surface area contributed by atoms with Gasteiger partial charge in [-0.25, -0.2) is 4.98 Å². The van der Waals surface area contributed by atoms with E-state index in [1.807, 2.05) is 13.8 Å². The highest BCUT2D eigenvalue weighted by molar-refractivity contribution is 7.18. The molecule has 9 heteroatoms. The van der Waals surface area contributed by atoms with Crippen molar-refractivity contribution < 1.29 is 19.1 Å². The number of carbonyl (C=O) groups is 2. The minimum atomic E-state index is -0.476. The van der Waals surface area contributed by atoms with Crippen LogP contribution in [-0.2, 0) is 11.3 Å². The summed E-state index contributed by atoms with van der Waals surface area (Å²) in [6.45, 7) is 4.03. The van der Waals surface area contributed by atoms with E-state index in [9.17, 15) is 14.4 Å². The Kier molecular flexibility index (Phi) is 6.74. The van der Waals surface area contributed by atoms with E-state index in [0.717, 1.165) is 10.4 Å². The lowest BCUT2D eigenvalue weighted by atomic mass is 10.2. The number of anilines is 1. The van der Waals surface area contributed by atoms with E-state index in [2.05, 4.69) is 10.3 Å². The maximum absolute atomic E-state index is 12.7. The van der Waals surface area contributed by atoms with Gasteiger partial charge in [0.25, 0.3) is 11.5 Å². The first-order valence-electron chi connectivity index (χ1n) is 10.6. The number of hydrogen-bond donors (Lipinski definition) is 1. The number of aromatic nitrogens is 2. The second-order valence-corrected chi connectivity index (χ2v) is 8.81. The highest BCUT2D eigenvalue weighted by atomic mass is 32.1. The Labute approximate surface area is 199 Å². The van der Waals surface area contributed by atoms with Crippen LogP contribution in [0, 0.1) is 13.8 Å². The van der Waals surface area contributed by atoms with E-state index in [1.54, 1.807) is 48.5 Å². The summed E-state index contributed by atoms with van der Waals surface area (Å²) in [4.78, 5) is 43.6. The van der Waals surface area contributed by atoms with Crippen LogP contribution in [0.3, 0.4) is 0 Å². The third-order valence-corrected chi connectivity index (χ3v) is 6.52. The summed E-state index contributed by atoms with van der Waals surface area (Å²) < 4.78 is 12.0. The number of para-hydroxylation sites is 1. The molecule has 0 saturated carbocycles. The van der Waals surface area contributed by atoms with Crippen LogP contribution >= 0.6 is 11.3 Å². The lowest BCUT2D eigenvalue weighted by molar-refractivity contribution is -0.134. The first-order valence-corrected chi connectivity index (χ1v) is 11.4. The number of ether oxygens (including phenoxy) is 2. The number of esters is 1. The van der Waals surface area contributed by atoms with Crippen LogP contribution in [0.4, 0.5) is 5.69 Å². The lowest BCUT2D eigenvalue weighted by Gasteiger charge is -2.10. The molecule has 0 aliphatic heterocycles. The molecule has 2 heterocycles. The fraction of sp³-hybridized carbons (Fsp3) is 0.200. The van der Waals surface area contributed by atoms with Gasteiger partial charge in [-0.2, -0.15) is 0 Å². The van der Waals surface area contributed by atoms with Gasteiger partial charge >= 0.3 is 5.97 Å². The van der Waals surface area contributed by atoms with Crippen molar-refractivity contribution in [3.63, 3.8) is 0 Å². The summed E-state index contributed by atoms with van der Waals surface area (Å²) in [6.07, 6.45) is 1.48. The molecule has 4 rings (SSSR count). The number of methoxy groups -OCH3 is 1. The van der Waals surface area contributed by atoms with Gasteiger partial charge in [0.05, 0.1) is 30.8 Å². The topological polar surface area (TPSA) is 99.5 Å². The molecule has 8 nitrogen and oxygen atoms in total. The number of benzene rings is 2. The molecule has 4 aromatic rings. The van der Waals surface area contributed by atoms with Crippen LogP contribution in [-0.4, -0.2) is 28.5 Å². The molecule has 0 saturated heterocycles. The number of thiophene rings is 1. The third kappa shape index (κ3) is 4.84. The fourth-order valence-electron chi connectivity index (χ4n) is 3.46. The van der Waals surface area contributed by atoms with Crippen molar-refractivity contribution in [3.05, 3.63) is 81.2 Å². The molecule has 0 aliphatic carbocycles. The summed E-state index contributed by atoms with van der Waals surface area (Å²) >= 11 is 1.48. The number of nitrogens with zero attached hydrogens (tertiary/aromatic N) is 2. The molecule has 34 heavy (non-hydrogen) atoms. The Hall–Kier alpha value is -3.98. The molecular weight excluding hydrogens is 454 g/mol. The van der Waals surface area contributed by atoms with Crippen LogP contribution in [0.5, 0.6) is 11.5 Å². The van der Waals surface area contributed by atoms with Gasteiger partial charge in [-0.15, -0.1) is 11.3 Å². The maximum atomic E-state index is 12.7. The normalized spacial score (nSPS) is 10.8. The molecule has 0 aliphatic rings. The minimum Gasteiger partial charge on any atom is -0.496 e. The zero-order chi connectivity index (χ0) is 24.2. The molecule has 0 fully saturated rings. The first-order chi connectivity index (χ1) is 16.4. The Morgan fingerprint density at radius 1 is 1.09 bits per heavy atom. The highest BCUT2D eigenvalue weighted by Crippen LogP contribution is 2.25. The van der Waals surface area contributed by atoms with Gasteiger partial charge in [-0.3, -0.25) is 19.0 Å². The van der Waals surface area contributed by atoms with E-state index >= 15 is 0 Å². The van der Waals surface area contributed by atoms with Crippen molar-refractivity contribution in [3.8, 4) is 11.5 Å². The summed E-state index contributed by atoms with van der Waals surface area (Å²) in [5.41, 5.74) is 1.72. The van der Waals surface area contributed by atoms with E-state index in [1.165, 1.54) is 29.3 Å². The van der Waals surface area contributed by atoms with Crippen molar-refractivity contribution in [1.82, 2.24) is 9.55 Å². The SMILES string of the molecule is COc1ccccc1C(=O)Nc1ccc(OC(=O)CCn2cnc3sc(C)c(C)c3c2=O)cc1. The summed E-state index contributed by atoms with van der Waals surface area (Å²) in [6, 6.07) is 13.4. The van der Waals surface area contributed by atoms with Crippen LogP contribution in [0.1, 0.15) is 27.2 Å². The fourth-order valence-corrected chi connectivity index (χ4v) is 4.45. The quantitative estimate of drug-likeness (QED) is 0.314. The van der Waals surface area contributed by atoms with Crippen molar-refractivity contribution in [1.29, 1.82) is 0 Å². The van der Waals surface area contributed by atoms with Crippen LogP contribution in [0.25, 0.3) is 10.2 Å². The van der Waals surface area contributed by atoms with Crippen LogP contribution < -0.4 is 20.3 Å². The molecule has 1 amide bonds. The van der Waals surface area contributed by atoms with E-state index in [-0.39, 0.29) is 24.4 Å². The second-order valence-electron chi connectivity index (χ2n) is 7.61. The largest absolute Gasteiger partial charge is 0.496 e. The third-order valence-electron chi connectivity index (χ3n) is 5.41. The van der Waals surface area contributed by atoms with Crippen LogP contribution in [0.15, 0.2) is 59.7 Å². The lowest BCUT2D eigenvalue weighted by Crippen LogP contribution is -2.23. The van der Waals surface area contributed by atoms with E-state index in [0.29, 0.717) is 33.0 Å². The maximum Gasteiger partial charge on any atom is 0.312 e. The summed E-state index contributed by atoms with van der Waals surface area (Å²) in [5, 5.41) is 3.38. The molecule has 2 aromatic carbocycles. The summed E-state index contributed by atoms with van der Waals surface area (Å²) in [7, 11) is 1.50. The molecule has 0 unspecified atom stereocenters. The Morgan fingerprint density at radius 3 is 2.56 bits per heavy atom. The van der Waals surface area contributed by atoms with Crippen molar-refractivity contribution in [2.75, 3.05) is 12.4 Å². The van der Waals surface area contributed by atoms with Crippen molar-refractivity contribution >= 4 is 39.1 Å². The predicted octanol–water partition coefficient (Wildman–Crippen LogP) is 4.33. The monoisotopic (exact) mass is 477 g/mol. The van der Waals surface area contributed by atoms with Gasteiger partial charge in [-0.1, -0.05) is 12.1 Å². The van der Waals surface area contributed by atoms with Crippen molar-refractivity contribution in [2.24, 2.45) is 0 Å². The molecule has 0 spiro atoms. The molecule has 2 aromatic heterocycles. The average molecular weight is 478 g/mol. The van der Waals surface area contributed by atoms with Crippen LogP contribution in [0.2, 0.25) is 0 Å². The number of amides is 1. The van der Waals surface area contributed by atoms with Gasteiger partial charge < -0.3 is 14.8 Å². The molecule has 0 radical (unpaired) electrons. The highest BCUT2D eigenvalue weighted by Gasteiger charge is 2.14. The zero-order valence-electron chi connectivity index (χ0n) is 19.0. The van der Waals surface area contributed by atoms with Gasteiger partial charge in [0.15, 0.2) is 0 Å². The number of fused-ring (bicyclic) bond motifs is 1. The Balaban J connectivity index is 1.36. The predicted molar refractivity (Wildman–Crippen MR) is 131 cm³/mol. The Bertz CT molecular complexity index is 1420. The van der Waals surface area contributed by atoms with E-state index < -0.39 is 5.97 Å². The number of carbonyl (C=O) groups excluding carboxylic acids is 2. The molecule has 0 bridgehead atoms.